The number of aryl methyl sites for hydroxylation is 3. The van der Waals surface area contributed by atoms with E-state index < -0.39 is 7.92 Å². The fourth-order valence-electron chi connectivity index (χ4n) is 3.88. The summed E-state index contributed by atoms with van der Waals surface area (Å²) >= 11 is 0. The number of ether oxygens (including phenoxy) is 2. The van der Waals surface area contributed by atoms with E-state index in [-0.39, 0.29) is 22.4 Å². The molecular formula is C27H37O4P. The first kappa shape index (κ1) is 26.1. The average Bonchev–Trinajstić information content (AvgIpc) is 2.69. The molecule has 32 heavy (non-hydrogen) atoms. The van der Waals surface area contributed by atoms with Gasteiger partial charge in [-0.2, -0.15) is 0 Å². The van der Waals surface area contributed by atoms with Crippen LogP contribution in [0.5, 0.6) is 11.5 Å². The summed E-state index contributed by atoms with van der Waals surface area (Å²) in [6.45, 7) is 16.4. The van der Waals surface area contributed by atoms with Gasteiger partial charge in [0.15, 0.2) is 11.0 Å². The fraction of sp³-hybridized carbons (Fsp3) is 0.481. The van der Waals surface area contributed by atoms with Gasteiger partial charge in [0, 0.05) is 13.5 Å². The SMILES string of the molecule is COc1cc(C)cc(OC)c1C(=O)P(CC(C)C)C(=O)c1c(C)cc(C(C)(C)C)cc1C. The predicted molar refractivity (Wildman–Crippen MR) is 134 cm³/mol. The maximum Gasteiger partial charge on any atom is 0.199 e. The van der Waals surface area contributed by atoms with Gasteiger partial charge in [-0.15, -0.1) is 0 Å². The number of methoxy groups -OCH3 is 2. The highest BCUT2D eigenvalue weighted by atomic mass is 31.1. The van der Waals surface area contributed by atoms with Crippen molar-refractivity contribution in [2.75, 3.05) is 20.4 Å². The minimum absolute atomic E-state index is 0.0157. The Labute approximate surface area is 194 Å². The molecule has 2 aromatic carbocycles. The molecule has 0 bridgehead atoms. The van der Waals surface area contributed by atoms with Gasteiger partial charge < -0.3 is 9.47 Å². The lowest BCUT2D eigenvalue weighted by atomic mass is 9.84. The van der Waals surface area contributed by atoms with Crippen molar-refractivity contribution in [1.82, 2.24) is 0 Å². The van der Waals surface area contributed by atoms with Gasteiger partial charge in [0.25, 0.3) is 0 Å². The van der Waals surface area contributed by atoms with Gasteiger partial charge in [0.2, 0.25) is 0 Å². The van der Waals surface area contributed by atoms with Crippen molar-refractivity contribution in [2.45, 2.75) is 60.8 Å². The molecule has 0 aliphatic rings. The van der Waals surface area contributed by atoms with Crippen LogP contribution in [0.4, 0.5) is 0 Å². The number of benzene rings is 2. The van der Waals surface area contributed by atoms with E-state index in [1.807, 2.05) is 46.8 Å². The molecule has 0 aromatic heterocycles. The zero-order chi connectivity index (χ0) is 24.4. The average molecular weight is 457 g/mol. The highest BCUT2D eigenvalue weighted by Crippen LogP contribution is 2.49. The third-order valence-corrected chi connectivity index (χ3v) is 8.04. The molecule has 1 atom stereocenters. The summed E-state index contributed by atoms with van der Waals surface area (Å²) in [6.07, 6.45) is 0.521. The predicted octanol–water partition coefficient (Wildman–Crippen LogP) is 7.05. The Hall–Kier alpha value is -2.19. The Bertz CT molecular complexity index is 967. The molecule has 0 amide bonds. The van der Waals surface area contributed by atoms with Gasteiger partial charge in [-0.3, -0.25) is 9.59 Å². The van der Waals surface area contributed by atoms with Crippen LogP contribution in [0.2, 0.25) is 0 Å². The maximum atomic E-state index is 13.9. The molecule has 2 aromatic rings. The zero-order valence-electron chi connectivity index (χ0n) is 21.2. The van der Waals surface area contributed by atoms with Crippen molar-refractivity contribution in [3.05, 3.63) is 57.6 Å². The summed E-state index contributed by atoms with van der Waals surface area (Å²) in [5.74, 6) is 1.10. The molecule has 0 radical (unpaired) electrons. The van der Waals surface area contributed by atoms with Gasteiger partial charge >= 0.3 is 0 Å². The summed E-state index contributed by atoms with van der Waals surface area (Å²) in [6, 6.07) is 7.80. The van der Waals surface area contributed by atoms with Crippen LogP contribution in [0, 0.1) is 26.7 Å². The van der Waals surface area contributed by atoms with Crippen LogP contribution in [-0.4, -0.2) is 31.4 Å². The van der Waals surface area contributed by atoms with E-state index in [2.05, 4.69) is 32.9 Å². The second-order valence-electron chi connectivity index (χ2n) is 9.89. The molecule has 5 heteroatoms. The van der Waals surface area contributed by atoms with E-state index >= 15 is 0 Å². The molecule has 0 N–H and O–H groups in total. The second-order valence-corrected chi connectivity index (χ2v) is 11.9. The highest BCUT2D eigenvalue weighted by molar-refractivity contribution is 7.90. The van der Waals surface area contributed by atoms with Crippen molar-refractivity contribution in [2.24, 2.45) is 5.92 Å². The Morgan fingerprint density at radius 1 is 0.844 bits per heavy atom. The summed E-state index contributed by atoms with van der Waals surface area (Å²) in [5, 5.41) is 0. The first-order valence-electron chi connectivity index (χ1n) is 11.0. The van der Waals surface area contributed by atoms with Crippen LogP contribution >= 0.6 is 7.92 Å². The fourth-order valence-corrected chi connectivity index (χ4v) is 6.24. The first-order valence-corrected chi connectivity index (χ1v) is 12.5. The van der Waals surface area contributed by atoms with E-state index in [1.54, 1.807) is 0 Å². The molecule has 4 nitrogen and oxygen atoms in total. The molecular weight excluding hydrogens is 419 g/mol. The maximum absolute atomic E-state index is 13.9. The van der Waals surface area contributed by atoms with Gasteiger partial charge in [-0.1, -0.05) is 46.8 Å². The molecule has 0 spiro atoms. The molecule has 0 fully saturated rings. The monoisotopic (exact) mass is 456 g/mol. The largest absolute Gasteiger partial charge is 0.496 e. The molecule has 0 aliphatic carbocycles. The lowest BCUT2D eigenvalue weighted by Crippen LogP contribution is -2.17. The van der Waals surface area contributed by atoms with E-state index in [9.17, 15) is 9.59 Å². The number of rotatable bonds is 8. The van der Waals surface area contributed by atoms with Crippen LogP contribution < -0.4 is 9.47 Å². The van der Waals surface area contributed by atoms with Gasteiger partial charge in [0.1, 0.15) is 17.1 Å². The minimum Gasteiger partial charge on any atom is -0.496 e. The van der Waals surface area contributed by atoms with Gasteiger partial charge in [0.05, 0.1) is 14.2 Å². The summed E-state index contributed by atoms with van der Waals surface area (Å²) < 4.78 is 11.1. The minimum atomic E-state index is -1.64. The number of carbonyl (C=O) groups is 2. The zero-order valence-corrected chi connectivity index (χ0v) is 22.1. The highest BCUT2D eigenvalue weighted by Gasteiger charge is 2.34. The van der Waals surface area contributed by atoms with Crippen molar-refractivity contribution in [3.8, 4) is 11.5 Å². The lowest BCUT2D eigenvalue weighted by Gasteiger charge is -2.24. The van der Waals surface area contributed by atoms with Gasteiger partial charge in [-0.05, 0) is 72.7 Å². The summed E-state index contributed by atoms with van der Waals surface area (Å²) in [4.78, 5) is 27.8. The van der Waals surface area contributed by atoms with Crippen LogP contribution in [0.15, 0.2) is 24.3 Å². The van der Waals surface area contributed by atoms with Crippen molar-refractivity contribution >= 4 is 19.0 Å². The summed E-state index contributed by atoms with van der Waals surface area (Å²) in [5.41, 5.74) is 4.72. The van der Waals surface area contributed by atoms with E-state index in [4.69, 9.17) is 9.47 Å². The Balaban J connectivity index is 2.64. The number of carbonyl (C=O) groups excluding carboxylic acids is 2. The van der Waals surface area contributed by atoms with E-state index in [1.165, 1.54) is 19.8 Å². The number of hydrogen-bond acceptors (Lipinski definition) is 4. The van der Waals surface area contributed by atoms with Crippen LogP contribution in [0.25, 0.3) is 0 Å². The normalized spacial score (nSPS) is 12.6. The molecule has 0 aliphatic heterocycles. The second kappa shape index (κ2) is 10.2. The third-order valence-electron chi connectivity index (χ3n) is 5.51. The third kappa shape index (κ3) is 5.59. The molecule has 0 saturated heterocycles. The topological polar surface area (TPSA) is 52.6 Å². The number of hydrogen-bond donors (Lipinski definition) is 0. The molecule has 174 valence electrons. The smallest absolute Gasteiger partial charge is 0.199 e. The van der Waals surface area contributed by atoms with Crippen molar-refractivity contribution in [3.63, 3.8) is 0 Å². The Morgan fingerprint density at radius 3 is 1.66 bits per heavy atom. The molecule has 0 heterocycles. The standard InChI is InChI=1S/C27H37O4P/c1-16(2)15-32(26(29)24-21(30-9)11-17(3)12-22(24)31-10)25(28)23-18(4)13-20(14-19(23)5)27(6,7)8/h11-14,16H,15H2,1-10H3. The lowest BCUT2D eigenvalue weighted by molar-refractivity contribution is 0.104. The Kier molecular flexibility index (Phi) is 8.28. The van der Waals surface area contributed by atoms with Crippen molar-refractivity contribution in [1.29, 1.82) is 0 Å². The van der Waals surface area contributed by atoms with Crippen LogP contribution in [0.3, 0.4) is 0 Å². The molecule has 0 saturated carbocycles. The quantitative estimate of drug-likeness (QED) is 0.400. The molecule has 1 unspecified atom stereocenters. The van der Waals surface area contributed by atoms with Crippen LogP contribution in [-0.2, 0) is 5.41 Å². The first-order chi connectivity index (χ1) is 14.8. The Morgan fingerprint density at radius 2 is 1.28 bits per heavy atom. The van der Waals surface area contributed by atoms with Crippen LogP contribution in [0.1, 0.15) is 77.6 Å². The van der Waals surface area contributed by atoms with E-state index in [0.29, 0.717) is 28.8 Å². The summed E-state index contributed by atoms with van der Waals surface area (Å²) in [7, 11) is 1.44. The van der Waals surface area contributed by atoms with Crippen molar-refractivity contribution < 1.29 is 19.1 Å². The molecule has 2 rings (SSSR count). The van der Waals surface area contributed by atoms with E-state index in [0.717, 1.165) is 16.7 Å². The van der Waals surface area contributed by atoms with Gasteiger partial charge in [-0.25, -0.2) is 0 Å².